The average Bonchev–Trinajstić information content (AvgIpc) is 2.53. The summed E-state index contributed by atoms with van der Waals surface area (Å²) in [5.74, 6) is 1.01. The summed E-state index contributed by atoms with van der Waals surface area (Å²) in [6.07, 6.45) is 1.72. The summed E-state index contributed by atoms with van der Waals surface area (Å²) in [4.78, 5) is 0. The van der Waals surface area contributed by atoms with Gasteiger partial charge in [0.05, 0.1) is 30.4 Å². The molecule has 0 saturated carbocycles. The lowest BCUT2D eigenvalue weighted by Crippen LogP contribution is -1.96. The van der Waals surface area contributed by atoms with Crippen molar-refractivity contribution in [3.8, 4) is 17.6 Å². The third-order valence-corrected chi connectivity index (χ3v) is 3.74. The molecule has 0 aliphatic carbocycles. The topological polar surface area (TPSA) is 42.2 Å². The molecule has 0 spiro atoms. The average molecular weight is 348 g/mol. The lowest BCUT2D eigenvalue weighted by atomic mass is 10.0. The molecule has 2 rings (SSSR count). The number of allylic oxidation sites excluding steroid dienone is 1. The molecule has 5 heteroatoms. The van der Waals surface area contributed by atoms with Gasteiger partial charge in [-0.15, -0.1) is 0 Å². The Morgan fingerprint density at radius 1 is 1.22 bits per heavy atom. The summed E-state index contributed by atoms with van der Waals surface area (Å²) in [6, 6.07) is 12.9. The van der Waals surface area contributed by atoms with E-state index in [1.807, 2.05) is 19.1 Å². The van der Waals surface area contributed by atoms with Gasteiger partial charge in [0.2, 0.25) is 0 Å². The number of halogens is 2. The lowest BCUT2D eigenvalue weighted by Gasteiger charge is -2.12. The minimum atomic E-state index is 0.418. The SMILES string of the molecule is CCOc1cc(C=C(C#N)c2ccccc2Cl)cc(Cl)c1OC. The zero-order chi connectivity index (χ0) is 16.8. The lowest BCUT2D eigenvalue weighted by molar-refractivity contribution is 0.311. The quantitative estimate of drug-likeness (QED) is 0.532. The van der Waals surface area contributed by atoms with Gasteiger partial charge in [0.1, 0.15) is 0 Å². The van der Waals surface area contributed by atoms with E-state index in [0.29, 0.717) is 39.3 Å². The summed E-state index contributed by atoms with van der Waals surface area (Å²) in [7, 11) is 1.53. The van der Waals surface area contributed by atoms with Gasteiger partial charge < -0.3 is 9.47 Å². The van der Waals surface area contributed by atoms with Crippen molar-refractivity contribution in [3.05, 3.63) is 57.6 Å². The zero-order valence-electron chi connectivity index (χ0n) is 12.8. The minimum absolute atomic E-state index is 0.418. The molecule has 0 heterocycles. The highest BCUT2D eigenvalue weighted by Gasteiger charge is 2.12. The predicted molar refractivity (Wildman–Crippen MR) is 94.1 cm³/mol. The number of ether oxygens (including phenoxy) is 2. The van der Waals surface area contributed by atoms with Gasteiger partial charge >= 0.3 is 0 Å². The minimum Gasteiger partial charge on any atom is -0.491 e. The van der Waals surface area contributed by atoms with Gasteiger partial charge in [0.15, 0.2) is 11.5 Å². The maximum atomic E-state index is 9.44. The molecule has 0 amide bonds. The van der Waals surface area contributed by atoms with E-state index in [4.69, 9.17) is 32.7 Å². The van der Waals surface area contributed by atoms with E-state index in [9.17, 15) is 5.26 Å². The van der Waals surface area contributed by atoms with Crippen LogP contribution in [0.1, 0.15) is 18.1 Å². The second-order valence-corrected chi connectivity index (χ2v) is 5.43. The maximum Gasteiger partial charge on any atom is 0.179 e. The normalized spacial score (nSPS) is 11.0. The van der Waals surface area contributed by atoms with Crippen molar-refractivity contribution in [1.82, 2.24) is 0 Å². The van der Waals surface area contributed by atoms with Gasteiger partial charge in [-0.3, -0.25) is 0 Å². The fraction of sp³-hybridized carbons (Fsp3) is 0.167. The first kappa shape index (κ1) is 17.2. The van der Waals surface area contributed by atoms with Crippen LogP contribution in [0.2, 0.25) is 10.0 Å². The van der Waals surface area contributed by atoms with Crippen molar-refractivity contribution < 1.29 is 9.47 Å². The Kier molecular flexibility index (Phi) is 5.92. The fourth-order valence-electron chi connectivity index (χ4n) is 2.15. The molecule has 2 aromatic rings. The largest absolute Gasteiger partial charge is 0.491 e. The van der Waals surface area contributed by atoms with Gasteiger partial charge in [-0.05, 0) is 36.8 Å². The highest BCUT2D eigenvalue weighted by molar-refractivity contribution is 6.33. The second-order valence-electron chi connectivity index (χ2n) is 4.62. The Balaban J connectivity index is 2.53. The van der Waals surface area contributed by atoms with Crippen LogP contribution in [0.15, 0.2) is 36.4 Å². The molecular formula is C18H15Cl2NO2. The molecule has 0 bridgehead atoms. The molecular weight excluding hydrogens is 333 g/mol. The van der Waals surface area contributed by atoms with Crippen LogP contribution >= 0.6 is 23.2 Å². The van der Waals surface area contributed by atoms with E-state index < -0.39 is 0 Å². The van der Waals surface area contributed by atoms with Crippen LogP contribution in [0.5, 0.6) is 11.5 Å². The summed E-state index contributed by atoms with van der Waals surface area (Å²) in [6.45, 7) is 2.36. The van der Waals surface area contributed by atoms with Gasteiger partial charge in [-0.2, -0.15) is 5.26 Å². The number of nitrogens with zero attached hydrogens (tertiary/aromatic N) is 1. The standard InChI is InChI=1S/C18H15Cl2NO2/c1-3-23-17-10-12(9-16(20)18(17)22-2)8-13(11-21)14-6-4-5-7-15(14)19/h4-10H,3H2,1-2H3. The van der Waals surface area contributed by atoms with Gasteiger partial charge in [0.25, 0.3) is 0 Å². The van der Waals surface area contributed by atoms with E-state index in [-0.39, 0.29) is 0 Å². The van der Waals surface area contributed by atoms with Gasteiger partial charge in [-0.25, -0.2) is 0 Å². The summed E-state index contributed by atoms with van der Waals surface area (Å²) in [5, 5.41) is 10.4. The van der Waals surface area contributed by atoms with Crippen LogP contribution in [-0.2, 0) is 0 Å². The first-order chi connectivity index (χ1) is 11.1. The Morgan fingerprint density at radius 2 is 1.96 bits per heavy atom. The summed E-state index contributed by atoms with van der Waals surface area (Å²) in [5.41, 5.74) is 1.84. The Bertz CT molecular complexity index is 779. The Labute approximate surface area is 145 Å². The third-order valence-electron chi connectivity index (χ3n) is 3.13. The number of methoxy groups -OCH3 is 1. The highest BCUT2D eigenvalue weighted by atomic mass is 35.5. The molecule has 0 aliphatic heterocycles. The molecule has 3 nitrogen and oxygen atoms in total. The number of nitriles is 1. The molecule has 0 atom stereocenters. The van der Waals surface area contributed by atoms with Crippen LogP contribution in [0, 0.1) is 11.3 Å². The number of hydrogen-bond donors (Lipinski definition) is 0. The fourth-order valence-corrected chi connectivity index (χ4v) is 2.68. The van der Waals surface area contributed by atoms with E-state index >= 15 is 0 Å². The molecule has 0 aliphatic rings. The van der Waals surface area contributed by atoms with Crippen LogP contribution in [0.4, 0.5) is 0 Å². The van der Waals surface area contributed by atoms with Crippen molar-refractivity contribution in [1.29, 1.82) is 5.26 Å². The maximum absolute atomic E-state index is 9.44. The third kappa shape index (κ3) is 3.98. The molecule has 0 saturated heterocycles. The van der Waals surface area contributed by atoms with E-state index in [0.717, 1.165) is 5.56 Å². The van der Waals surface area contributed by atoms with Crippen LogP contribution < -0.4 is 9.47 Å². The number of rotatable bonds is 5. The first-order valence-corrected chi connectivity index (χ1v) is 7.73. The van der Waals surface area contributed by atoms with Crippen molar-refractivity contribution in [3.63, 3.8) is 0 Å². The molecule has 0 N–H and O–H groups in total. The second kappa shape index (κ2) is 7.92. The van der Waals surface area contributed by atoms with E-state index in [1.54, 1.807) is 30.3 Å². The smallest absolute Gasteiger partial charge is 0.179 e. The van der Waals surface area contributed by atoms with Crippen molar-refractivity contribution in [2.75, 3.05) is 13.7 Å². The number of hydrogen-bond acceptors (Lipinski definition) is 3. The van der Waals surface area contributed by atoms with Crippen LogP contribution in [0.3, 0.4) is 0 Å². The zero-order valence-corrected chi connectivity index (χ0v) is 14.3. The molecule has 0 fully saturated rings. The Morgan fingerprint density at radius 3 is 2.57 bits per heavy atom. The van der Waals surface area contributed by atoms with Gasteiger partial charge in [-0.1, -0.05) is 41.4 Å². The molecule has 118 valence electrons. The molecule has 0 aromatic heterocycles. The molecule has 2 aromatic carbocycles. The molecule has 23 heavy (non-hydrogen) atoms. The number of benzene rings is 2. The Hall–Kier alpha value is -2.15. The highest BCUT2D eigenvalue weighted by Crippen LogP contribution is 2.37. The first-order valence-electron chi connectivity index (χ1n) is 6.97. The van der Waals surface area contributed by atoms with Crippen LogP contribution in [0.25, 0.3) is 11.6 Å². The molecule has 0 radical (unpaired) electrons. The van der Waals surface area contributed by atoms with Crippen molar-refractivity contribution in [2.45, 2.75) is 6.92 Å². The summed E-state index contributed by atoms with van der Waals surface area (Å²) >= 11 is 12.4. The monoisotopic (exact) mass is 347 g/mol. The van der Waals surface area contributed by atoms with Crippen molar-refractivity contribution >= 4 is 34.9 Å². The van der Waals surface area contributed by atoms with Gasteiger partial charge in [0, 0.05) is 10.6 Å². The van der Waals surface area contributed by atoms with Crippen LogP contribution in [-0.4, -0.2) is 13.7 Å². The van der Waals surface area contributed by atoms with Crippen molar-refractivity contribution in [2.24, 2.45) is 0 Å². The van der Waals surface area contributed by atoms with E-state index in [2.05, 4.69) is 6.07 Å². The predicted octanol–water partition coefficient (Wildman–Crippen LogP) is 5.46. The summed E-state index contributed by atoms with van der Waals surface area (Å²) < 4.78 is 10.8. The molecule has 0 unspecified atom stereocenters. The van der Waals surface area contributed by atoms with E-state index in [1.165, 1.54) is 7.11 Å².